The molecular weight excluding hydrogens is 452 g/mol. The lowest BCUT2D eigenvalue weighted by molar-refractivity contribution is -0.0190. The van der Waals surface area contributed by atoms with Crippen LogP contribution in [0.15, 0.2) is 76.3 Å². The lowest BCUT2D eigenvalue weighted by Crippen LogP contribution is -2.33. The number of benzene rings is 3. The molecule has 2 aliphatic heterocycles. The summed E-state index contributed by atoms with van der Waals surface area (Å²) in [7, 11) is 1.67. The molecular formula is C23H18BrClN2O2. The number of ether oxygens (including phenoxy) is 2. The lowest BCUT2D eigenvalue weighted by Gasteiger charge is -2.38. The summed E-state index contributed by atoms with van der Waals surface area (Å²) in [4.78, 5) is 0. The Kier molecular flexibility index (Phi) is 4.72. The topological polar surface area (TPSA) is 34.1 Å². The van der Waals surface area contributed by atoms with Crippen LogP contribution in [0.1, 0.15) is 35.4 Å². The highest BCUT2D eigenvalue weighted by atomic mass is 79.9. The highest BCUT2D eigenvalue weighted by Crippen LogP contribution is 2.48. The van der Waals surface area contributed by atoms with Crippen LogP contribution < -0.4 is 9.47 Å². The van der Waals surface area contributed by atoms with Crippen molar-refractivity contribution >= 4 is 33.2 Å². The molecule has 2 unspecified atom stereocenters. The molecule has 0 radical (unpaired) electrons. The number of hydrogen-bond acceptors (Lipinski definition) is 4. The van der Waals surface area contributed by atoms with Gasteiger partial charge in [0.2, 0.25) is 6.23 Å². The van der Waals surface area contributed by atoms with Crippen LogP contribution in [-0.4, -0.2) is 17.8 Å². The number of halogens is 2. The molecule has 0 N–H and O–H groups in total. The predicted octanol–water partition coefficient (Wildman–Crippen LogP) is 6.35. The first-order valence-electron chi connectivity index (χ1n) is 9.34. The van der Waals surface area contributed by atoms with Crippen LogP contribution in [0.3, 0.4) is 0 Å². The van der Waals surface area contributed by atoms with E-state index in [-0.39, 0.29) is 12.3 Å². The molecule has 0 saturated heterocycles. The minimum Gasteiger partial charge on any atom is -0.497 e. The molecule has 2 atom stereocenters. The first-order chi connectivity index (χ1) is 14.1. The van der Waals surface area contributed by atoms with Gasteiger partial charge in [0.05, 0.1) is 18.9 Å². The van der Waals surface area contributed by atoms with E-state index in [4.69, 9.17) is 26.2 Å². The molecule has 0 fully saturated rings. The summed E-state index contributed by atoms with van der Waals surface area (Å²) in [6, 6.07) is 22.0. The van der Waals surface area contributed by atoms with Gasteiger partial charge in [-0.3, -0.25) is 0 Å². The van der Waals surface area contributed by atoms with Crippen molar-refractivity contribution in [3.05, 3.63) is 92.9 Å². The van der Waals surface area contributed by atoms with Gasteiger partial charge in [0.1, 0.15) is 11.5 Å². The lowest BCUT2D eigenvalue weighted by atomic mass is 9.96. The third-order valence-corrected chi connectivity index (χ3v) is 6.08. The zero-order valence-corrected chi connectivity index (χ0v) is 18.0. The Morgan fingerprint density at radius 1 is 1.07 bits per heavy atom. The maximum absolute atomic E-state index is 6.38. The molecule has 0 spiro atoms. The molecule has 0 aliphatic carbocycles. The molecule has 3 aromatic rings. The zero-order valence-electron chi connectivity index (χ0n) is 15.7. The summed E-state index contributed by atoms with van der Waals surface area (Å²) in [5.74, 6) is 1.72. The average molecular weight is 470 g/mol. The van der Waals surface area contributed by atoms with Crippen molar-refractivity contribution in [2.24, 2.45) is 5.10 Å². The maximum Gasteiger partial charge on any atom is 0.213 e. The molecule has 146 valence electrons. The number of hydrazone groups is 1. The van der Waals surface area contributed by atoms with Crippen molar-refractivity contribution < 1.29 is 9.47 Å². The van der Waals surface area contributed by atoms with E-state index in [2.05, 4.69) is 39.1 Å². The van der Waals surface area contributed by atoms with Gasteiger partial charge in [0, 0.05) is 27.0 Å². The van der Waals surface area contributed by atoms with Crippen molar-refractivity contribution in [2.45, 2.75) is 18.7 Å². The second-order valence-electron chi connectivity index (χ2n) is 7.08. The zero-order chi connectivity index (χ0) is 20.0. The number of hydrogen-bond donors (Lipinski definition) is 0. The van der Waals surface area contributed by atoms with E-state index < -0.39 is 0 Å². The third kappa shape index (κ3) is 3.38. The van der Waals surface area contributed by atoms with Gasteiger partial charge in [0.15, 0.2) is 0 Å². The van der Waals surface area contributed by atoms with E-state index in [1.54, 1.807) is 7.11 Å². The van der Waals surface area contributed by atoms with Crippen LogP contribution >= 0.6 is 27.5 Å². The Balaban J connectivity index is 1.57. The molecule has 0 bridgehead atoms. The summed E-state index contributed by atoms with van der Waals surface area (Å²) in [5.41, 5.74) is 4.28. The average Bonchev–Trinajstić information content (AvgIpc) is 3.20. The number of fused-ring (bicyclic) bond motifs is 3. The molecule has 5 rings (SSSR count). The molecule has 0 aromatic heterocycles. The van der Waals surface area contributed by atoms with Gasteiger partial charge in [-0.2, -0.15) is 5.10 Å². The largest absolute Gasteiger partial charge is 0.497 e. The van der Waals surface area contributed by atoms with Crippen molar-refractivity contribution in [1.29, 1.82) is 0 Å². The van der Waals surface area contributed by atoms with Gasteiger partial charge < -0.3 is 9.47 Å². The Hall–Kier alpha value is -2.50. The summed E-state index contributed by atoms with van der Waals surface area (Å²) in [6.45, 7) is 0. The van der Waals surface area contributed by atoms with Gasteiger partial charge in [-0.1, -0.05) is 39.7 Å². The first-order valence-corrected chi connectivity index (χ1v) is 10.5. The van der Waals surface area contributed by atoms with E-state index in [1.807, 2.05) is 48.5 Å². The SMILES string of the molecule is COc1ccc(C2=NN3C(C2)c2cc(Br)ccc2OC3c2ccc(Cl)cc2)cc1. The summed E-state index contributed by atoms with van der Waals surface area (Å²) < 4.78 is 12.7. The van der Waals surface area contributed by atoms with Gasteiger partial charge in [0.25, 0.3) is 0 Å². The van der Waals surface area contributed by atoms with E-state index >= 15 is 0 Å². The molecule has 6 heteroatoms. The normalized spacial score (nSPS) is 19.8. The molecule has 2 heterocycles. The van der Waals surface area contributed by atoms with E-state index in [0.717, 1.165) is 44.8 Å². The van der Waals surface area contributed by atoms with Crippen molar-refractivity contribution in [3.63, 3.8) is 0 Å². The molecule has 0 saturated carbocycles. The highest BCUT2D eigenvalue weighted by molar-refractivity contribution is 9.10. The van der Waals surface area contributed by atoms with Crippen LogP contribution in [-0.2, 0) is 0 Å². The number of methoxy groups -OCH3 is 1. The number of nitrogens with zero attached hydrogens (tertiary/aromatic N) is 2. The van der Waals surface area contributed by atoms with E-state index in [9.17, 15) is 0 Å². The summed E-state index contributed by atoms with van der Waals surface area (Å²) in [5, 5.41) is 7.75. The van der Waals surface area contributed by atoms with Gasteiger partial charge in [-0.15, -0.1) is 0 Å². The van der Waals surface area contributed by atoms with Gasteiger partial charge in [-0.25, -0.2) is 5.01 Å². The highest BCUT2D eigenvalue weighted by Gasteiger charge is 2.41. The fourth-order valence-electron chi connectivity index (χ4n) is 3.86. The van der Waals surface area contributed by atoms with Crippen molar-refractivity contribution in [1.82, 2.24) is 5.01 Å². The van der Waals surface area contributed by atoms with Crippen LogP contribution in [0.5, 0.6) is 11.5 Å². The Morgan fingerprint density at radius 3 is 2.55 bits per heavy atom. The predicted molar refractivity (Wildman–Crippen MR) is 118 cm³/mol. The summed E-state index contributed by atoms with van der Waals surface area (Å²) in [6.07, 6.45) is 0.505. The van der Waals surface area contributed by atoms with Crippen molar-refractivity contribution in [3.8, 4) is 11.5 Å². The van der Waals surface area contributed by atoms with Gasteiger partial charge in [-0.05, 0) is 60.2 Å². The Labute approximate surface area is 182 Å². The van der Waals surface area contributed by atoms with Crippen molar-refractivity contribution in [2.75, 3.05) is 7.11 Å². The molecule has 3 aromatic carbocycles. The maximum atomic E-state index is 6.38. The fourth-order valence-corrected chi connectivity index (χ4v) is 4.37. The minimum atomic E-state index is -0.304. The number of rotatable bonds is 3. The van der Waals surface area contributed by atoms with Crippen LogP contribution in [0.25, 0.3) is 0 Å². The second kappa shape index (κ2) is 7.39. The van der Waals surface area contributed by atoms with Crippen LogP contribution in [0, 0.1) is 0 Å². The second-order valence-corrected chi connectivity index (χ2v) is 8.43. The Morgan fingerprint density at radius 2 is 1.83 bits per heavy atom. The van der Waals surface area contributed by atoms with E-state index in [0.29, 0.717) is 5.02 Å². The minimum absolute atomic E-state index is 0.106. The summed E-state index contributed by atoms with van der Waals surface area (Å²) >= 11 is 9.68. The Bertz CT molecular complexity index is 1080. The van der Waals surface area contributed by atoms with Gasteiger partial charge >= 0.3 is 0 Å². The fraction of sp³-hybridized carbons (Fsp3) is 0.174. The molecule has 0 amide bonds. The van der Waals surface area contributed by atoms with E-state index in [1.165, 1.54) is 0 Å². The van der Waals surface area contributed by atoms with Crippen LogP contribution in [0.2, 0.25) is 5.02 Å². The monoisotopic (exact) mass is 468 g/mol. The molecule has 2 aliphatic rings. The third-order valence-electron chi connectivity index (χ3n) is 5.33. The quantitative estimate of drug-likeness (QED) is 0.448. The molecule has 29 heavy (non-hydrogen) atoms. The van der Waals surface area contributed by atoms with Crippen LogP contribution in [0.4, 0.5) is 0 Å². The standard InChI is InChI=1S/C23H18BrClN2O2/c1-28-18-9-4-14(5-10-18)20-13-21-19-12-16(24)6-11-22(19)29-23(27(21)26-20)15-2-7-17(25)8-3-15/h2-12,21,23H,13H2,1H3. The molecule has 4 nitrogen and oxygen atoms in total. The first kappa shape index (κ1) is 18.5. The smallest absolute Gasteiger partial charge is 0.213 e.